The van der Waals surface area contributed by atoms with Gasteiger partial charge in [0.05, 0.1) is 26.2 Å². The maximum Gasteiger partial charge on any atom is 0.408 e. The molecule has 0 aromatic heterocycles. The molecule has 7 N–H and O–H groups in total. The van der Waals surface area contributed by atoms with Crippen molar-refractivity contribution in [3.63, 3.8) is 0 Å². The number of hydrogen-bond donors (Lipinski definition) is 6. The second kappa shape index (κ2) is 20.1. The third-order valence-electron chi connectivity index (χ3n) is 6.12. The van der Waals surface area contributed by atoms with Gasteiger partial charge >= 0.3 is 12.1 Å². The molecule has 0 aliphatic carbocycles. The van der Waals surface area contributed by atoms with Crippen LogP contribution in [0.25, 0.3) is 0 Å². The first kappa shape index (κ1) is 37.2. The van der Waals surface area contributed by atoms with Crippen molar-refractivity contribution in [1.82, 2.24) is 26.6 Å². The third-order valence-corrected chi connectivity index (χ3v) is 7.26. The van der Waals surface area contributed by atoms with Gasteiger partial charge in [-0.3, -0.25) is 28.8 Å². The first-order chi connectivity index (χ1) is 22.0. The molecule has 0 saturated carbocycles. The Kier molecular flexibility index (Phi) is 16.3. The predicted octanol–water partition coefficient (Wildman–Crippen LogP) is -0.862. The summed E-state index contributed by atoms with van der Waals surface area (Å²) < 4.78 is 9.62. The van der Waals surface area contributed by atoms with E-state index in [9.17, 15) is 33.6 Å². The minimum atomic E-state index is -1.32. The highest BCUT2D eigenvalue weighted by Crippen LogP contribution is 2.10. The Morgan fingerprint density at radius 3 is 1.93 bits per heavy atom. The molecule has 2 aromatic carbocycles. The molecular weight excluding hydrogens is 620 g/mol. The van der Waals surface area contributed by atoms with E-state index in [0.29, 0.717) is 11.8 Å². The number of rotatable bonds is 17. The third kappa shape index (κ3) is 14.2. The van der Waals surface area contributed by atoms with Crippen LogP contribution in [-0.4, -0.2) is 91.4 Å². The van der Waals surface area contributed by atoms with E-state index in [0.717, 1.165) is 18.2 Å². The molecule has 2 aromatic rings. The summed E-state index contributed by atoms with van der Waals surface area (Å²) in [5.41, 5.74) is 6.88. The van der Waals surface area contributed by atoms with Crippen LogP contribution in [-0.2, 0) is 51.3 Å². The highest BCUT2D eigenvalue weighted by molar-refractivity contribution is 8.13. The van der Waals surface area contributed by atoms with E-state index in [1.807, 2.05) is 6.07 Å². The monoisotopic (exact) mass is 658 g/mol. The van der Waals surface area contributed by atoms with Crippen molar-refractivity contribution in [2.24, 2.45) is 5.73 Å². The van der Waals surface area contributed by atoms with Crippen LogP contribution in [0.2, 0.25) is 0 Å². The van der Waals surface area contributed by atoms with Crippen LogP contribution in [0.1, 0.15) is 18.1 Å². The van der Waals surface area contributed by atoms with Gasteiger partial charge in [-0.15, -0.1) is 0 Å². The Labute approximate surface area is 270 Å². The van der Waals surface area contributed by atoms with Gasteiger partial charge in [-0.05, 0) is 18.1 Å². The number of nitrogens with two attached hydrogens (primary N) is 1. The molecule has 0 aliphatic rings. The topological polar surface area (TPSA) is 224 Å². The van der Waals surface area contributed by atoms with E-state index in [1.54, 1.807) is 54.6 Å². The van der Waals surface area contributed by atoms with Crippen molar-refractivity contribution < 1.29 is 43.0 Å². The fourth-order valence-corrected chi connectivity index (χ4v) is 4.55. The number of amides is 5. The van der Waals surface area contributed by atoms with E-state index in [-0.39, 0.29) is 25.3 Å². The average Bonchev–Trinajstić information content (AvgIpc) is 3.06. The zero-order valence-electron chi connectivity index (χ0n) is 25.4. The van der Waals surface area contributed by atoms with Crippen molar-refractivity contribution in [2.45, 2.75) is 38.1 Å². The number of esters is 1. The predicted molar refractivity (Wildman–Crippen MR) is 168 cm³/mol. The lowest BCUT2D eigenvalue weighted by molar-refractivity contribution is -0.141. The van der Waals surface area contributed by atoms with Gasteiger partial charge in [-0.2, -0.15) is 0 Å². The molecule has 2 rings (SSSR count). The van der Waals surface area contributed by atoms with Crippen molar-refractivity contribution in [1.29, 1.82) is 0 Å². The van der Waals surface area contributed by atoms with Crippen LogP contribution in [0.4, 0.5) is 4.79 Å². The quantitative estimate of drug-likeness (QED) is 0.115. The van der Waals surface area contributed by atoms with Crippen LogP contribution in [0.3, 0.4) is 0 Å². The minimum Gasteiger partial charge on any atom is -0.468 e. The Balaban J connectivity index is 1.96. The fourth-order valence-electron chi connectivity index (χ4n) is 3.68. The van der Waals surface area contributed by atoms with Crippen molar-refractivity contribution in [3.8, 4) is 0 Å². The molecule has 0 aliphatic heterocycles. The van der Waals surface area contributed by atoms with Gasteiger partial charge in [0.2, 0.25) is 28.7 Å². The summed E-state index contributed by atoms with van der Waals surface area (Å²) in [6.45, 7) is 0.00527. The molecule has 0 bridgehead atoms. The van der Waals surface area contributed by atoms with Crippen molar-refractivity contribution >= 4 is 52.6 Å². The number of thioether (sulfide) groups is 1. The smallest absolute Gasteiger partial charge is 0.408 e. The van der Waals surface area contributed by atoms with Crippen LogP contribution in [0.5, 0.6) is 0 Å². The van der Waals surface area contributed by atoms with Gasteiger partial charge in [0.25, 0.3) is 0 Å². The molecule has 248 valence electrons. The summed E-state index contributed by atoms with van der Waals surface area (Å²) in [5.74, 6) is -3.86. The molecule has 0 fully saturated rings. The molecule has 46 heavy (non-hydrogen) atoms. The summed E-state index contributed by atoms with van der Waals surface area (Å²) in [6.07, 6.45) is -0.696. The number of hydrogen-bond acceptors (Lipinski definition) is 11. The molecule has 0 heterocycles. The Morgan fingerprint density at radius 1 is 0.761 bits per heavy atom. The number of nitrogens with one attached hydrogen (secondary N) is 5. The van der Waals surface area contributed by atoms with E-state index in [2.05, 4.69) is 31.3 Å². The van der Waals surface area contributed by atoms with E-state index in [4.69, 9.17) is 10.5 Å². The fraction of sp³-hybridized carbons (Fsp3) is 0.367. The summed E-state index contributed by atoms with van der Waals surface area (Å²) in [6, 6.07) is 14.4. The first-order valence-electron chi connectivity index (χ1n) is 14.1. The van der Waals surface area contributed by atoms with Gasteiger partial charge in [-0.25, -0.2) is 4.79 Å². The molecule has 5 amide bonds. The van der Waals surface area contributed by atoms with Gasteiger partial charge < -0.3 is 41.8 Å². The van der Waals surface area contributed by atoms with Crippen molar-refractivity contribution in [2.75, 3.05) is 32.5 Å². The normalized spacial score (nSPS) is 12.3. The molecule has 0 spiro atoms. The Hall–Kier alpha value is -4.96. The van der Waals surface area contributed by atoms with Gasteiger partial charge in [-0.1, -0.05) is 72.4 Å². The summed E-state index contributed by atoms with van der Waals surface area (Å²) in [4.78, 5) is 86.7. The lowest BCUT2D eigenvalue weighted by Gasteiger charge is -2.20. The molecule has 3 atom stereocenters. The molecule has 0 radical (unpaired) electrons. The lowest BCUT2D eigenvalue weighted by atomic mass is 10.1. The van der Waals surface area contributed by atoms with Crippen LogP contribution in [0, 0.1) is 0 Å². The second-order valence-corrected chi connectivity index (χ2v) is 10.7. The van der Waals surface area contributed by atoms with Crippen LogP contribution in [0.15, 0.2) is 60.7 Å². The zero-order valence-corrected chi connectivity index (χ0v) is 26.2. The number of methoxy groups -OCH3 is 1. The lowest BCUT2D eigenvalue weighted by Crippen LogP contribution is -2.54. The Morgan fingerprint density at radius 2 is 1.33 bits per heavy atom. The number of alkyl carbamates (subject to hydrolysis) is 1. The van der Waals surface area contributed by atoms with E-state index in [1.165, 1.54) is 6.92 Å². The minimum absolute atomic E-state index is 0.00186. The maximum absolute atomic E-state index is 12.9. The molecule has 0 unspecified atom stereocenters. The van der Waals surface area contributed by atoms with Gasteiger partial charge in [0.1, 0.15) is 25.2 Å². The number of carbonyl (C=O) groups excluding carboxylic acids is 7. The zero-order chi connectivity index (χ0) is 33.9. The summed E-state index contributed by atoms with van der Waals surface area (Å²) in [7, 11) is 1.13. The standard InChI is InChI=1S/C30H38N6O9S/c1-19(34-30(43)45-17-21-11-7-4-8-12-21)29(42)46-18-23(28(41)33-16-26(39)44-2)36-25(38)15-32-27(40)22(35-24(37)14-31)13-20-9-5-3-6-10-20/h3-12,19,22-23H,13-18,31H2,1-2H3,(H,32,40)(H,33,41)(H,34,43)(H,35,37)(H,36,38)/t19-,22-,23-/m0/s1. The van der Waals surface area contributed by atoms with Crippen molar-refractivity contribution in [3.05, 3.63) is 71.8 Å². The molecule has 16 heteroatoms. The van der Waals surface area contributed by atoms with Gasteiger partial charge in [0, 0.05) is 12.2 Å². The number of ether oxygens (including phenoxy) is 2. The first-order valence-corrected chi connectivity index (χ1v) is 15.1. The average molecular weight is 659 g/mol. The number of benzene rings is 2. The molecular formula is C30H38N6O9S. The maximum atomic E-state index is 12.9. The van der Waals surface area contributed by atoms with Crippen LogP contribution >= 0.6 is 11.8 Å². The second-order valence-electron chi connectivity index (χ2n) is 9.70. The SMILES string of the molecule is COC(=O)CNC(=O)[C@H](CSC(=O)[C@H](C)NC(=O)OCc1ccccc1)NC(=O)CNC(=O)[C@H](Cc1ccccc1)NC(=O)CN. The van der Waals surface area contributed by atoms with Gasteiger partial charge in [0.15, 0.2) is 0 Å². The highest BCUT2D eigenvalue weighted by atomic mass is 32.2. The summed E-state index contributed by atoms with van der Waals surface area (Å²) >= 11 is 0.652. The van der Waals surface area contributed by atoms with E-state index >= 15 is 0 Å². The number of carbonyl (C=O) groups is 7. The highest BCUT2D eigenvalue weighted by Gasteiger charge is 2.26. The molecule has 0 saturated heterocycles. The Bertz CT molecular complexity index is 1350. The van der Waals surface area contributed by atoms with E-state index < -0.39 is 72.0 Å². The summed E-state index contributed by atoms with van der Waals surface area (Å²) in [5, 5.41) is 11.5. The molecule has 15 nitrogen and oxygen atoms in total. The van der Waals surface area contributed by atoms with Crippen LogP contribution < -0.4 is 32.3 Å². The largest absolute Gasteiger partial charge is 0.468 e.